The summed E-state index contributed by atoms with van der Waals surface area (Å²) < 4.78 is 13.5. The molecule has 1 saturated carbocycles. The van der Waals surface area contributed by atoms with Crippen molar-refractivity contribution in [3.63, 3.8) is 0 Å². The number of rotatable bonds is 1. The van der Waals surface area contributed by atoms with Crippen molar-refractivity contribution >= 4 is 0 Å². The van der Waals surface area contributed by atoms with E-state index in [9.17, 15) is 4.39 Å². The van der Waals surface area contributed by atoms with E-state index in [0.29, 0.717) is 11.8 Å². The van der Waals surface area contributed by atoms with Crippen molar-refractivity contribution in [1.82, 2.24) is 5.32 Å². The summed E-state index contributed by atoms with van der Waals surface area (Å²) in [7, 11) is 0. The summed E-state index contributed by atoms with van der Waals surface area (Å²) in [6.45, 7) is 2.21. The normalized spacial score (nSPS) is 35.1. The summed E-state index contributed by atoms with van der Waals surface area (Å²) in [5, 5.41) is 3.38. The number of halogens is 1. The van der Waals surface area contributed by atoms with Crippen molar-refractivity contribution in [3.8, 4) is 0 Å². The minimum atomic E-state index is -0.0251. The summed E-state index contributed by atoms with van der Waals surface area (Å²) in [4.78, 5) is 0. The molecule has 3 atom stereocenters. The van der Waals surface area contributed by atoms with Crippen LogP contribution in [0.5, 0.6) is 0 Å². The first-order valence-electron chi connectivity index (χ1n) is 5.31. The molecule has 0 unspecified atom stereocenters. The zero-order chi connectivity index (χ0) is 9.54. The Morgan fingerprint density at radius 1 is 1.21 bits per heavy atom. The molecule has 14 heavy (non-hydrogen) atoms. The molecule has 1 aromatic carbocycles. The van der Waals surface area contributed by atoms with E-state index in [1.54, 1.807) is 12.1 Å². The number of hydrogen-bond acceptors (Lipinski definition) is 1. The highest BCUT2D eigenvalue weighted by molar-refractivity contribution is 5.26. The van der Waals surface area contributed by atoms with E-state index in [1.165, 1.54) is 6.42 Å². The van der Waals surface area contributed by atoms with Crippen LogP contribution < -0.4 is 5.32 Å². The maximum Gasteiger partial charge on any atom is 0.126 e. The van der Waals surface area contributed by atoms with Crippen LogP contribution in [0.4, 0.5) is 4.39 Å². The topological polar surface area (TPSA) is 12.0 Å². The third-order valence-corrected chi connectivity index (χ3v) is 3.77. The second-order valence-corrected chi connectivity index (χ2v) is 4.45. The lowest BCUT2D eigenvalue weighted by Gasteiger charge is -2.40. The van der Waals surface area contributed by atoms with Gasteiger partial charge in [-0.05, 0) is 48.9 Å². The van der Waals surface area contributed by atoms with E-state index in [2.05, 4.69) is 5.32 Å². The third-order valence-electron chi connectivity index (χ3n) is 3.77. The lowest BCUT2D eigenvalue weighted by atomic mass is 9.64. The molecule has 2 heteroatoms. The summed E-state index contributed by atoms with van der Waals surface area (Å²) in [5.41, 5.74) is 0.928. The van der Waals surface area contributed by atoms with Crippen molar-refractivity contribution in [2.75, 3.05) is 13.1 Å². The Bertz CT molecular complexity index is 350. The van der Waals surface area contributed by atoms with E-state index < -0.39 is 0 Å². The Morgan fingerprint density at radius 3 is 2.86 bits per heavy atom. The standard InChI is InChI=1S/C12H14FN/c13-12-4-2-1-3-9(12)10-5-8-6-14-7-11(8)10/h1-4,8,10-11,14H,5-7H2/t8-,10-,11+/m0/s1. The van der Waals surface area contributed by atoms with Crippen LogP contribution in [0.25, 0.3) is 0 Å². The second-order valence-electron chi connectivity index (χ2n) is 4.45. The van der Waals surface area contributed by atoms with Gasteiger partial charge in [-0.2, -0.15) is 0 Å². The molecule has 1 heterocycles. The molecule has 1 N–H and O–H groups in total. The van der Waals surface area contributed by atoms with Crippen molar-refractivity contribution in [3.05, 3.63) is 35.6 Å². The Morgan fingerprint density at radius 2 is 2.07 bits per heavy atom. The molecule has 1 nitrogen and oxygen atoms in total. The molecule has 2 fully saturated rings. The lowest BCUT2D eigenvalue weighted by molar-refractivity contribution is 0.187. The van der Waals surface area contributed by atoms with Crippen LogP contribution in [0, 0.1) is 17.7 Å². The molecule has 0 spiro atoms. The summed E-state index contributed by atoms with van der Waals surface area (Å²) in [6, 6.07) is 7.22. The van der Waals surface area contributed by atoms with E-state index >= 15 is 0 Å². The van der Waals surface area contributed by atoms with Crippen LogP contribution in [-0.4, -0.2) is 13.1 Å². The number of benzene rings is 1. The van der Waals surface area contributed by atoms with Gasteiger partial charge in [0.2, 0.25) is 0 Å². The van der Waals surface area contributed by atoms with Crippen molar-refractivity contribution in [1.29, 1.82) is 0 Å². The van der Waals surface area contributed by atoms with Crippen LogP contribution in [0.2, 0.25) is 0 Å². The first-order valence-corrected chi connectivity index (χ1v) is 5.31. The maximum atomic E-state index is 13.5. The Balaban J connectivity index is 1.87. The van der Waals surface area contributed by atoms with E-state index in [-0.39, 0.29) is 5.82 Å². The molecule has 0 bridgehead atoms. The molecule has 0 amide bonds. The summed E-state index contributed by atoms with van der Waals surface area (Å²) >= 11 is 0. The fourth-order valence-electron chi connectivity index (χ4n) is 2.92. The van der Waals surface area contributed by atoms with Crippen LogP contribution in [0.3, 0.4) is 0 Å². The largest absolute Gasteiger partial charge is 0.316 e. The van der Waals surface area contributed by atoms with Gasteiger partial charge in [-0.25, -0.2) is 4.39 Å². The van der Waals surface area contributed by atoms with E-state index in [0.717, 1.165) is 24.6 Å². The highest BCUT2D eigenvalue weighted by Crippen LogP contribution is 2.49. The van der Waals surface area contributed by atoms with Crippen LogP contribution in [0.15, 0.2) is 24.3 Å². The number of hydrogen-bond donors (Lipinski definition) is 1. The van der Waals surface area contributed by atoms with E-state index in [1.807, 2.05) is 12.1 Å². The monoisotopic (exact) mass is 191 g/mol. The van der Waals surface area contributed by atoms with Gasteiger partial charge in [0.25, 0.3) is 0 Å². The zero-order valence-electron chi connectivity index (χ0n) is 8.04. The van der Waals surface area contributed by atoms with Crippen LogP contribution in [-0.2, 0) is 0 Å². The molecule has 0 radical (unpaired) electrons. The highest BCUT2D eigenvalue weighted by atomic mass is 19.1. The van der Waals surface area contributed by atoms with Gasteiger partial charge in [-0.1, -0.05) is 18.2 Å². The average molecular weight is 191 g/mol. The number of fused-ring (bicyclic) bond motifs is 1. The first kappa shape index (κ1) is 8.42. The molecule has 1 aliphatic heterocycles. The average Bonchev–Trinajstić information content (AvgIpc) is 2.52. The zero-order valence-corrected chi connectivity index (χ0v) is 8.04. The molecular weight excluding hydrogens is 177 g/mol. The fourth-order valence-corrected chi connectivity index (χ4v) is 2.92. The SMILES string of the molecule is Fc1ccccc1[C@@H]1C[C@H]2CNC[C@H]21. The summed E-state index contributed by atoms with van der Waals surface area (Å²) in [6.07, 6.45) is 1.17. The van der Waals surface area contributed by atoms with Gasteiger partial charge in [-0.3, -0.25) is 0 Å². The summed E-state index contributed by atoms with van der Waals surface area (Å²) in [5.74, 6) is 1.94. The second kappa shape index (κ2) is 3.06. The Kier molecular flexibility index (Phi) is 1.84. The smallest absolute Gasteiger partial charge is 0.126 e. The minimum Gasteiger partial charge on any atom is -0.316 e. The van der Waals surface area contributed by atoms with E-state index in [4.69, 9.17) is 0 Å². The van der Waals surface area contributed by atoms with Gasteiger partial charge < -0.3 is 5.32 Å². The molecule has 2 aliphatic rings. The predicted octanol–water partition coefficient (Wildman–Crippen LogP) is 2.15. The molecule has 74 valence electrons. The maximum absolute atomic E-state index is 13.5. The molecule has 0 aromatic heterocycles. The van der Waals surface area contributed by atoms with Crippen molar-refractivity contribution in [2.45, 2.75) is 12.3 Å². The van der Waals surface area contributed by atoms with Gasteiger partial charge in [-0.15, -0.1) is 0 Å². The van der Waals surface area contributed by atoms with Gasteiger partial charge in [0.05, 0.1) is 0 Å². The van der Waals surface area contributed by atoms with Crippen molar-refractivity contribution in [2.24, 2.45) is 11.8 Å². The molecule has 3 rings (SSSR count). The van der Waals surface area contributed by atoms with Gasteiger partial charge in [0, 0.05) is 0 Å². The van der Waals surface area contributed by atoms with Gasteiger partial charge in [0.15, 0.2) is 0 Å². The van der Waals surface area contributed by atoms with Gasteiger partial charge >= 0.3 is 0 Å². The lowest BCUT2D eigenvalue weighted by Crippen LogP contribution is -2.34. The molecule has 1 aliphatic carbocycles. The highest BCUT2D eigenvalue weighted by Gasteiger charge is 2.45. The van der Waals surface area contributed by atoms with Gasteiger partial charge in [0.1, 0.15) is 5.82 Å². The predicted molar refractivity (Wildman–Crippen MR) is 53.6 cm³/mol. The quantitative estimate of drug-likeness (QED) is 0.717. The van der Waals surface area contributed by atoms with Crippen LogP contribution >= 0.6 is 0 Å². The molecule has 1 aromatic rings. The first-order chi connectivity index (χ1) is 6.86. The third kappa shape index (κ3) is 1.10. The fraction of sp³-hybridized carbons (Fsp3) is 0.500. The van der Waals surface area contributed by atoms with Crippen LogP contribution in [0.1, 0.15) is 17.9 Å². The molecular formula is C12H14FN. The van der Waals surface area contributed by atoms with Crippen molar-refractivity contribution < 1.29 is 4.39 Å². The Hall–Kier alpha value is -0.890. The molecule has 1 saturated heterocycles. The Labute approximate surface area is 83.3 Å². The minimum absolute atomic E-state index is 0.0251. The number of nitrogens with one attached hydrogen (secondary N) is 1.